The SMILES string of the molecule is Nc1cnc(-c2ccccc2)nc1C(=O)Nc1cnccc1N1CCCC(O)(C(F)(F)F)C1. The third-order valence-corrected chi connectivity index (χ3v) is 5.45. The van der Waals surface area contributed by atoms with Crippen molar-refractivity contribution in [2.45, 2.75) is 24.6 Å². The quantitative estimate of drug-likeness (QED) is 0.549. The molecule has 0 bridgehead atoms. The van der Waals surface area contributed by atoms with Crippen molar-refractivity contribution in [3.05, 3.63) is 60.7 Å². The number of nitrogens with one attached hydrogen (secondary N) is 1. The smallest absolute Gasteiger partial charge is 0.396 e. The number of aromatic nitrogens is 3. The second kappa shape index (κ2) is 8.66. The van der Waals surface area contributed by atoms with Crippen molar-refractivity contribution in [3.8, 4) is 11.4 Å². The van der Waals surface area contributed by atoms with Crippen molar-refractivity contribution in [1.82, 2.24) is 15.0 Å². The normalized spacial score (nSPS) is 18.7. The Bertz CT molecular complexity index is 1160. The Morgan fingerprint density at radius 2 is 1.94 bits per heavy atom. The van der Waals surface area contributed by atoms with E-state index in [4.69, 9.17) is 5.73 Å². The lowest BCUT2D eigenvalue weighted by atomic mass is 9.92. The molecule has 8 nitrogen and oxygen atoms in total. The maximum atomic E-state index is 13.4. The predicted octanol–water partition coefficient (Wildman–Crippen LogP) is 3.27. The lowest BCUT2D eigenvalue weighted by Crippen LogP contribution is -2.57. The average Bonchev–Trinajstić information content (AvgIpc) is 2.79. The number of nitrogens with two attached hydrogens (primary N) is 1. The number of nitrogen functional groups attached to an aromatic ring is 1. The number of amides is 1. The van der Waals surface area contributed by atoms with E-state index in [-0.39, 0.29) is 36.5 Å². The van der Waals surface area contributed by atoms with E-state index in [0.717, 1.165) is 0 Å². The molecular weight excluding hydrogens is 437 g/mol. The summed E-state index contributed by atoms with van der Waals surface area (Å²) >= 11 is 0. The number of benzene rings is 1. The monoisotopic (exact) mass is 458 g/mol. The third kappa shape index (κ3) is 4.58. The fraction of sp³-hybridized carbons (Fsp3) is 0.273. The van der Waals surface area contributed by atoms with Crippen LogP contribution >= 0.6 is 0 Å². The molecule has 1 aromatic carbocycles. The summed E-state index contributed by atoms with van der Waals surface area (Å²) in [4.78, 5) is 26.8. The van der Waals surface area contributed by atoms with Gasteiger partial charge in [0, 0.05) is 18.3 Å². The van der Waals surface area contributed by atoms with Gasteiger partial charge in [-0.05, 0) is 18.9 Å². The molecule has 1 atom stereocenters. The maximum absolute atomic E-state index is 13.4. The van der Waals surface area contributed by atoms with Crippen LogP contribution in [0.4, 0.5) is 30.2 Å². The molecule has 4 N–H and O–H groups in total. The van der Waals surface area contributed by atoms with Gasteiger partial charge in [-0.3, -0.25) is 9.78 Å². The van der Waals surface area contributed by atoms with Crippen LogP contribution in [-0.4, -0.2) is 50.8 Å². The van der Waals surface area contributed by atoms with Gasteiger partial charge in [0.05, 0.1) is 36.0 Å². The summed E-state index contributed by atoms with van der Waals surface area (Å²) in [5, 5.41) is 12.8. The molecule has 1 saturated heterocycles. The Morgan fingerprint density at radius 3 is 2.67 bits per heavy atom. The van der Waals surface area contributed by atoms with E-state index in [9.17, 15) is 23.1 Å². The highest BCUT2D eigenvalue weighted by Crippen LogP contribution is 2.39. The first-order valence-electron chi connectivity index (χ1n) is 10.2. The average molecular weight is 458 g/mol. The van der Waals surface area contributed by atoms with Crippen molar-refractivity contribution in [3.63, 3.8) is 0 Å². The second-order valence-electron chi connectivity index (χ2n) is 7.76. The van der Waals surface area contributed by atoms with Crippen LogP contribution in [0.15, 0.2) is 55.0 Å². The molecule has 1 aliphatic rings. The number of halogens is 3. The van der Waals surface area contributed by atoms with Gasteiger partial charge in [-0.1, -0.05) is 30.3 Å². The number of rotatable bonds is 4. The number of nitrogens with zero attached hydrogens (tertiary/aromatic N) is 4. The first kappa shape index (κ1) is 22.5. The molecule has 1 fully saturated rings. The van der Waals surface area contributed by atoms with E-state index >= 15 is 0 Å². The van der Waals surface area contributed by atoms with E-state index < -0.39 is 24.2 Å². The molecule has 1 aliphatic heterocycles. The number of carbonyl (C=O) groups is 1. The fourth-order valence-electron chi connectivity index (χ4n) is 3.71. The third-order valence-electron chi connectivity index (χ3n) is 5.45. The van der Waals surface area contributed by atoms with Crippen LogP contribution < -0.4 is 16.0 Å². The number of alkyl halides is 3. The van der Waals surface area contributed by atoms with Crippen molar-refractivity contribution in [2.75, 3.05) is 29.0 Å². The Labute approximate surface area is 187 Å². The highest BCUT2D eigenvalue weighted by molar-refractivity contribution is 6.07. The van der Waals surface area contributed by atoms with E-state index in [2.05, 4.69) is 20.3 Å². The van der Waals surface area contributed by atoms with Crippen molar-refractivity contribution in [2.24, 2.45) is 0 Å². The lowest BCUT2D eigenvalue weighted by molar-refractivity contribution is -0.261. The summed E-state index contributed by atoms with van der Waals surface area (Å²) in [5.41, 5.74) is 4.21. The molecule has 3 heterocycles. The second-order valence-corrected chi connectivity index (χ2v) is 7.76. The number of pyridine rings is 1. The lowest BCUT2D eigenvalue weighted by Gasteiger charge is -2.41. The van der Waals surface area contributed by atoms with Crippen LogP contribution in [0, 0.1) is 0 Å². The summed E-state index contributed by atoms with van der Waals surface area (Å²) < 4.78 is 40.1. The molecule has 2 aromatic heterocycles. The van der Waals surface area contributed by atoms with Crippen LogP contribution in [0.25, 0.3) is 11.4 Å². The summed E-state index contributed by atoms with van der Waals surface area (Å²) in [6, 6.07) is 10.5. The molecule has 3 aromatic rings. The number of hydrogen-bond donors (Lipinski definition) is 3. The minimum atomic E-state index is -4.77. The first-order valence-corrected chi connectivity index (χ1v) is 10.2. The molecule has 4 rings (SSSR count). The summed E-state index contributed by atoms with van der Waals surface area (Å²) in [6.45, 7) is -0.379. The molecule has 0 radical (unpaired) electrons. The Balaban J connectivity index is 1.61. The van der Waals surface area contributed by atoms with Crippen molar-refractivity contribution >= 4 is 23.0 Å². The van der Waals surface area contributed by atoms with E-state index in [1.807, 2.05) is 6.07 Å². The first-order chi connectivity index (χ1) is 15.7. The summed E-state index contributed by atoms with van der Waals surface area (Å²) in [6.07, 6.45) is -0.985. The van der Waals surface area contributed by atoms with Gasteiger partial charge >= 0.3 is 6.18 Å². The predicted molar refractivity (Wildman–Crippen MR) is 117 cm³/mol. The fourth-order valence-corrected chi connectivity index (χ4v) is 3.71. The van der Waals surface area contributed by atoms with Crippen LogP contribution in [0.2, 0.25) is 0 Å². The van der Waals surface area contributed by atoms with Gasteiger partial charge in [0.25, 0.3) is 5.91 Å². The topological polar surface area (TPSA) is 117 Å². The van der Waals surface area contributed by atoms with Crippen LogP contribution in [0.3, 0.4) is 0 Å². The van der Waals surface area contributed by atoms with Crippen LogP contribution in [0.5, 0.6) is 0 Å². The zero-order chi connectivity index (χ0) is 23.6. The summed E-state index contributed by atoms with van der Waals surface area (Å²) in [7, 11) is 0. The Kier molecular flexibility index (Phi) is 5.90. The van der Waals surface area contributed by atoms with Crippen molar-refractivity contribution < 1.29 is 23.1 Å². The molecule has 172 valence electrons. The zero-order valence-electron chi connectivity index (χ0n) is 17.4. The molecule has 33 heavy (non-hydrogen) atoms. The molecular formula is C22H21F3N6O2. The molecule has 11 heteroatoms. The molecule has 1 amide bonds. The largest absolute Gasteiger partial charge is 0.418 e. The number of hydrogen-bond acceptors (Lipinski definition) is 7. The minimum absolute atomic E-state index is 0.0436. The van der Waals surface area contributed by atoms with Gasteiger partial charge in [-0.25, -0.2) is 9.97 Å². The van der Waals surface area contributed by atoms with Gasteiger partial charge in [-0.2, -0.15) is 13.2 Å². The van der Waals surface area contributed by atoms with Gasteiger partial charge in [0.2, 0.25) is 0 Å². The number of piperidine rings is 1. The number of β-amino-alcohol motifs (C(OH)–C–C–N with tert-alkyl or cyclic N) is 1. The minimum Gasteiger partial charge on any atom is -0.396 e. The molecule has 0 saturated carbocycles. The van der Waals surface area contributed by atoms with Gasteiger partial charge in [-0.15, -0.1) is 0 Å². The van der Waals surface area contributed by atoms with Crippen molar-refractivity contribution in [1.29, 1.82) is 0 Å². The Hall–Kier alpha value is -3.73. The van der Waals surface area contributed by atoms with E-state index in [1.165, 1.54) is 29.6 Å². The Morgan fingerprint density at radius 1 is 1.18 bits per heavy atom. The zero-order valence-corrected chi connectivity index (χ0v) is 17.4. The molecule has 0 spiro atoms. The maximum Gasteiger partial charge on any atom is 0.418 e. The number of aliphatic hydroxyl groups is 1. The van der Waals surface area contributed by atoms with E-state index in [0.29, 0.717) is 17.1 Å². The highest BCUT2D eigenvalue weighted by atomic mass is 19.4. The van der Waals surface area contributed by atoms with E-state index in [1.54, 1.807) is 24.3 Å². The van der Waals surface area contributed by atoms with Gasteiger partial charge in [0.15, 0.2) is 17.1 Å². The number of carbonyl (C=O) groups excluding carboxylic acids is 1. The van der Waals surface area contributed by atoms with Crippen LogP contribution in [0.1, 0.15) is 23.3 Å². The summed E-state index contributed by atoms with van der Waals surface area (Å²) in [5.74, 6) is -0.364. The molecule has 1 unspecified atom stereocenters. The molecule has 0 aliphatic carbocycles. The van der Waals surface area contributed by atoms with Crippen LogP contribution in [-0.2, 0) is 0 Å². The standard InChI is InChI=1S/C22H21F3N6O2/c23-22(24,25)21(33)8-4-10-31(13-21)17-7-9-27-12-16(17)29-20(32)18-15(26)11-28-19(30-18)14-5-2-1-3-6-14/h1-3,5-7,9,11-12,33H,4,8,10,13,26H2,(H,29,32). The highest BCUT2D eigenvalue weighted by Gasteiger charge is 2.55. The van der Waals surface area contributed by atoms with Gasteiger partial charge < -0.3 is 21.1 Å². The number of anilines is 3. The van der Waals surface area contributed by atoms with Gasteiger partial charge in [0.1, 0.15) is 0 Å².